The Bertz CT molecular complexity index is 1180. The Morgan fingerprint density at radius 1 is 0.857 bits per heavy atom. The molecule has 10 heteroatoms. The Hall–Kier alpha value is -3.47. The summed E-state index contributed by atoms with van der Waals surface area (Å²) in [5, 5.41) is 2.45. The predicted molar refractivity (Wildman–Crippen MR) is 139 cm³/mol. The molecular weight excluding hydrogens is 534 g/mol. The van der Waals surface area contributed by atoms with Gasteiger partial charge in [-0.15, -0.1) is 0 Å². The fourth-order valence-corrected chi connectivity index (χ4v) is 3.53. The third-order valence-corrected chi connectivity index (χ3v) is 5.45. The quantitative estimate of drug-likeness (QED) is 0.208. The van der Waals surface area contributed by atoms with Crippen LogP contribution in [0.3, 0.4) is 0 Å². The summed E-state index contributed by atoms with van der Waals surface area (Å²) in [4.78, 5) is 25.2. The average Bonchev–Trinajstić information content (AvgIpc) is 2.87. The topological polar surface area (TPSA) is 97.9 Å². The van der Waals surface area contributed by atoms with Gasteiger partial charge in [0.05, 0.1) is 16.6 Å². The van der Waals surface area contributed by atoms with Crippen LogP contribution in [0, 0.1) is 0 Å². The Kier molecular flexibility index (Phi) is 10.0. The molecule has 3 rings (SSSR count). The number of benzene rings is 3. The van der Waals surface area contributed by atoms with E-state index in [1.54, 1.807) is 49.6 Å². The third kappa shape index (κ3) is 8.06. The molecule has 3 aromatic rings. The van der Waals surface area contributed by atoms with Crippen molar-refractivity contribution in [1.29, 1.82) is 0 Å². The predicted octanol–water partition coefficient (Wildman–Crippen LogP) is 4.00. The minimum atomic E-state index is -0.467. The molecule has 0 heterocycles. The lowest BCUT2D eigenvalue weighted by atomic mass is 10.2. The summed E-state index contributed by atoms with van der Waals surface area (Å²) >= 11 is 8.52. The van der Waals surface area contributed by atoms with Crippen LogP contribution >= 0.6 is 28.1 Å². The van der Waals surface area contributed by atoms with Crippen molar-refractivity contribution in [3.8, 4) is 11.5 Å². The van der Waals surface area contributed by atoms with E-state index >= 15 is 0 Å². The maximum absolute atomic E-state index is 12.7. The summed E-state index contributed by atoms with van der Waals surface area (Å²) in [7, 11) is 1.59. The van der Waals surface area contributed by atoms with Crippen molar-refractivity contribution < 1.29 is 23.8 Å². The SMILES string of the molecule is COCCOc1ccc(C(=O)NC(=S)NNC(=O)c2ccccc2OCc2ccccc2)cc1Br. The van der Waals surface area contributed by atoms with E-state index in [9.17, 15) is 9.59 Å². The number of carbonyl (C=O) groups excluding carboxylic acids is 2. The minimum absolute atomic E-state index is 0.0671. The number of carbonyl (C=O) groups is 2. The summed E-state index contributed by atoms with van der Waals surface area (Å²) in [6.45, 7) is 1.15. The van der Waals surface area contributed by atoms with Gasteiger partial charge in [-0.3, -0.25) is 25.8 Å². The number of hydrogen-bond acceptors (Lipinski definition) is 6. The number of rotatable bonds is 9. The van der Waals surface area contributed by atoms with Gasteiger partial charge >= 0.3 is 0 Å². The van der Waals surface area contributed by atoms with Crippen LogP contribution in [0.1, 0.15) is 26.3 Å². The molecule has 0 fully saturated rings. The van der Waals surface area contributed by atoms with Crippen molar-refractivity contribution in [3.05, 3.63) is 94.0 Å². The van der Waals surface area contributed by atoms with E-state index in [0.29, 0.717) is 46.9 Å². The molecule has 0 saturated heterocycles. The van der Waals surface area contributed by atoms with Gasteiger partial charge in [0.15, 0.2) is 5.11 Å². The summed E-state index contributed by atoms with van der Waals surface area (Å²) in [5.41, 5.74) is 6.66. The number of halogens is 1. The fraction of sp³-hybridized carbons (Fsp3) is 0.160. The molecule has 182 valence electrons. The minimum Gasteiger partial charge on any atom is -0.490 e. The monoisotopic (exact) mass is 557 g/mol. The molecule has 0 bridgehead atoms. The van der Waals surface area contributed by atoms with Gasteiger partial charge in [0.1, 0.15) is 24.7 Å². The molecule has 0 atom stereocenters. The van der Waals surface area contributed by atoms with Crippen molar-refractivity contribution in [1.82, 2.24) is 16.2 Å². The van der Waals surface area contributed by atoms with E-state index in [0.717, 1.165) is 5.56 Å². The number of ether oxygens (including phenoxy) is 3. The van der Waals surface area contributed by atoms with Gasteiger partial charge in [-0.25, -0.2) is 0 Å². The molecule has 35 heavy (non-hydrogen) atoms. The number of nitrogens with one attached hydrogen (secondary N) is 3. The highest BCUT2D eigenvalue weighted by atomic mass is 79.9. The highest BCUT2D eigenvalue weighted by Crippen LogP contribution is 2.26. The summed E-state index contributed by atoms with van der Waals surface area (Å²) in [6, 6.07) is 21.4. The Morgan fingerprint density at radius 2 is 1.60 bits per heavy atom. The molecule has 0 spiro atoms. The number of hydrazine groups is 1. The zero-order valence-electron chi connectivity index (χ0n) is 18.9. The van der Waals surface area contributed by atoms with Crippen molar-refractivity contribution in [3.63, 3.8) is 0 Å². The van der Waals surface area contributed by atoms with Crippen molar-refractivity contribution in [2.45, 2.75) is 6.61 Å². The second kappa shape index (κ2) is 13.4. The van der Waals surface area contributed by atoms with Crippen LogP contribution in [0.2, 0.25) is 0 Å². The van der Waals surface area contributed by atoms with Crippen LogP contribution in [-0.4, -0.2) is 37.3 Å². The van der Waals surface area contributed by atoms with E-state index in [1.807, 2.05) is 30.3 Å². The lowest BCUT2D eigenvalue weighted by Gasteiger charge is -2.14. The van der Waals surface area contributed by atoms with Crippen molar-refractivity contribution in [2.75, 3.05) is 20.3 Å². The van der Waals surface area contributed by atoms with E-state index in [4.69, 9.17) is 26.4 Å². The van der Waals surface area contributed by atoms with Gasteiger partial charge in [-0.05, 0) is 64.0 Å². The smallest absolute Gasteiger partial charge is 0.273 e. The maximum Gasteiger partial charge on any atom is 0.273 e. The zero-order valence-corrected chi connectivity index (χ0v) is 21.3. The molecule has 0 aliphatic carbocycles. The fourth-order valence-electron chi connectivity index (χ4n) is 2.90. The van der Waals surface area contributed by atoms with Gasteiger partial charge in [0, 0.05) is 12.7 Å². The Morgan fingerprint density at radius 3 is 2.34 bits per heavy atom. The first kappa shape index (κ1) is 26.1. The molecular formula is C25H24BrN3O5S. The first-order valence-electron chi connectivity index (χ1n) is 10.6. The summed E-state index contributed by atoms with van der Waals surface area (Å²) in [6.07, 6.45) is 0. The highest BCUT2D eigenvalue weighted by Gasteiger charge is 2.14. The molecule has 0 aliphatic heterocycles. The van der Waals surface area contributed by atoms with Crippen LogP contribution in [0.4, 0.5) is 0 Å². The van der Waals surface area contributed by atoms with Crippen LogP contribution in [-0.2, 0) is 11.3 Å². The lowest BCUT2D eigenvalue weighted by molar-refractivity contribution is 0.0930. The van der Waals surface area contributed by atoms with Gasteiger partial charge in [0.2, 0.25) is 0 Å². The van der Waals surface area contributed by atoms with Crippen molar-refractivity contribution >= 4 is 45.1 Å². The van der Waals surface area contributed by atoms with Gasteiger partial charge in [-0.1, -0.05) is 42.5 Å². The standard InChI is InChI=1S/C25H24BrN3O5S/c1-32-13-14-33-22-12-11-18(15-20(22)26)23(30)27-25(35)29-28-24(31)19-9-5-6-10-21(19)34-16-17-7-3-2-4-8-17/h2-12,15H,13-14,16H2,1H3,(H,28,31)(H2,27,29,30,35). The Labute approximate surface area is 217 Å². The second-order valence-electron chi connectivity index (χ2n) is 7.12. The molecule has 3 N–H and O–H groups in total. The van der Waals surface area contributed by atoms with E-state index < -0.39 is 11.8 Å². The van der Waals surface area contributed by atoms with Crippen LogP contribution in [0.5, 0.6) is 11.5 Å². The molecule has 0 aromatic heterocycles. The van der Waals surface area contributed by atoms with E-state index in [1.165, 1.54) is 0 Å². The maximum atomic E-state index is 12.7. The van der Waals surface area contributed by atoms with Crippen molar-refractivity contribution in [2.24, 2.45) is 0 Å². The number of hydrogen-bond donors (Lipinski definition) is 3. The molecule has 0 aliphatic rings. The normalized spacial score (nSPS) is 10.2. The Balaban J connectivity index is 1.52. The zero-order chi connectivity index (χ0) is 25.0. The summed E-state index contributed by atoms with van der Waals surface area (Å²) in [5.74, 6) is 0.0843. The van der Waals surface area contributed by atoms with E-state index in [-0.39, 0.29) is 5.11 Å². The largest absolute Gasteiger partial charge is 0.490 e. The average molecular weight is 558 g/mol. The van der Waals surface area contributed by atoms with Crippen LogP contribution in [0.15, 0.2) is 77.3 Å². The first-order chi connectivity index (χ1) is 17.0. The van der Waals surface area contributed by atoms with Gasteiger partial charge in [0.25, 0.3) is 11.8 Å². The van der Waals surface area contributed by atoms with Crippen LogP contribution < -0.4 is 25.6 Å². The number of methoxy groups -OCH3 is 1. The number of para-hydroxylation sites is 1. The first-order valence-corrected chi connectivity index (χ1v) is 11.8. The second-order valence-corrected chi connectivity index (χ2v) is 8.38. The number of amides is 2. The third-order valence-electron chi connectivity index (χ3n) is 4.62. The van der Waals surface area contributed by atoms with Gasteiger partial charge < -0.3 is 14.2 Å². The molecule has 0 saturated carbocycles. The van der Waals surface area contributed by atoms with E-state index in [2.05, 4.69) is 32.1 Å². The summed E-state index contributed by atoms with van der Waals surface area (Å²) < 4.78 is 16.9. The molecule has 2 amide bonds. The number of thiocarbonyl (C=S) groups is 1. The van der Waals surface area contributed by atoms with Crippen LogP contribution in [0.25, 0.3) is 0 Å². The molecule has 8 nitrogen and oxygen atoms in total. The molecule has 0 unspecified atom stereocenters. The highest BCUT2D eigenvalue weighted by molar-refractivity contribution is 9.10. The van der Waals surface area contributed by atoms with Gasteiger partial charge in [-0.2, -0.15) is 0 Å². The lowest BCUT2D eigenvalue weighted by Crippen LogP contribution is -2.48. The molecule has 3 aromatic carbocycles. The molecule has 0 radical (unpaired) electrons.